The highest BCUT2D eigenvalue weighted by Crippen LogP contribution is 2.24. The normalized spacial score (nSPS) is 15.2. The van der Waals surface area contributed by atoms with Crippen molar-refractivity contribution < 1.29 is 9.90 Å². The SMILES string of the molecule is NC(N)=C(/C=C(\N)c1ccccc1O)n1cc(N2CCNCC2=O)cn1. The molecule has 1 aromatic carbocycles. The molecule has 1 aromatic heterocycles. The van der Waals surface area contributed by atoms with Crippen LogP contribution in [0.4, 0.5) is 5.69 Å². The van der Waals surface area contributed by atoms with Crippen LogP contribution < -0.4 is 27.4 Å². The first kappa shape index (κ1) is 17.4. The Morgan fingerprint density at radius 1 is 1.27 bits per heavy atom. The van der Waals surface area contributed by atoms with Crippen molar-refractivity contribution in [2.75, 3.05) is 24.5 Å². The van der Waals surface area contributed by atoms with E-state index in [2.05, 4.69) is 10.4 Å². The summed E-state index contributed by atoms with van der Waals surface area (Å²) >= 11 is 0. The second-order valence-electron chi connectivity index (χ2n) is 5.82. The molecule has 8 N–H and O–H groups in total. The van der Waals surface area contributed by atoms with Gasteiger partial charge in [-0.2, -0.15) is 5.10 Å². The van der Waals surface area contributed by atoms with Gasteiger partial charge in [0.05, 0.1) is 24.6 Å². The summed E-state index contributed by atoms with van der Waals surface area (Å²) in [5.41, 5.74) is 19.4. The molecule has 0 radical (unpaired) electrons. The molecule has 1 aliphatic rings. The van der Waals surface area contributed by atoms with Crippen molar-refractivity contribution in [2.24, 2.45) is 17.2 Å². The van der Waals surface area contributed by atoms with E-state index in [-0.39, 0.29) is 29.7 Å². The van der Waals surface area contributed by atoms with Crippen LogP contribution in [-0.2, 0) is 4.79 Å². The van der Waals surface area contributed by atoms with E-state index < -0.39 is 0 Å². The molecule has 9 nitrogen and oxygen atoms in total. The first-order chi connectivity index (χ1) is 12.5. The van der Waals surface area contributed by atoms with E-state index in [1.165, 1.54) is 16.8 Å². The van der Waals surface area contributed by atoms with Crippen LogP contribution in [0.3, 0.4) is 0 Å². The van der Waals surface area contributed by atoms with E-state index in [1.807, 2.05) is 0 Å². The maximum atomic E-state index is 12.0. The number of aromatic nitrogens is 2. The molecule has 1 fully saturated rings. The third-order valence-electron chi connectivity index (χ3n) is 4.02. The Hall–Kier alpha value is -3.46. The number of phenolic OH excluding ortho intramolecular Hbond substituents is 1. The molecule has 0 saturated carbocycles. The molecular weight excluding hydrogens is 334 g/mol. The molecule has 1 saturated heterocycles. The fourth-order valence-corrected chi connectivity index (χ4v) is 2.69. The number of benzene rings is 1. The van der Waals surface area contributed by atoms with Crippen molar-refractivity contribution in [3.05, 3.63) is 54.1 Å². The number of hydrogen-bond acceptors (Lipinski definition) is 7. The number of hydrogen-bond donors (Lipinski definition) is 5. The topological polar surface area (TPSA) is 148 Å². The Labute approximate surface area is 150 Å². The third-order valence-corrected chi connectivity index (χ3v) is 4.02. The van der Waals surface area contributed by atoms with Gasteiger partial charge >= 0.3 is 0 Å². The van der Waals surface area contributed by atoms with E-state index in [0.29, 0.717) is 30.0 Å². The molecule has 26 heavy (non-hydrogen) atoms. The lowest BCUT2D eigenvalue weighted by atomic mass is 10.1. The van der Waals surface area contributed by atoms with Gasteiger partial charge in [0, 0.05) is 24.4 Å². The number of aromatic hydroxyl groups is 1. The maximum absolute atomic E-state index is 12.0. The molecule has 136 valence electrons. The van der Waals surface area contributed by atoms with Crippen LogP contribution in [0.5, 0.6) is 5.75 Å². The average Bonchev–Trinajstić information content (AvgIpc) is 3.09. The summed E-state index contributed by atoms with van der Waals surface area (Å²) in [5, 5.41) is 17.2. The van der Waals surface area contributed by atoms with Crippen LogP contribution in [-0.4, -0.2) is 40.4 Å². The van der Waals surface area contributed by atoms with Crippen LogP contribution in [0.1, 0.15) is 5.56 Å². The van der Waals surface area contributed by atoms with E-state index in [1.54, 1.807) is 35.5 Å². The van der Waals surface area contributed by atoms with Crippen LogP contribution >= 0.6 is 0 Å². The summed E-state index contributed by atoms with van der Waals surface area (Å²) in [6, 6.07) is 6.67. The Kier molecular flexibility index (Phi) is 4.81. The van der Waals surface area contributed by atoms with Crippen molar-refractivity contribution in [1.82, 2.24) is 15.1 Å². The highest BCUT2D eigenvalue weighted by atomic mass is 16.3. The predicted molar refractivity (Wildman–Crippen MR) is 99.3 cm³/mol. The number of para-hydroxylation sites is 1. The molecule has 0 spiro atoms. The lowest BCUT2D eigenvalue weighted by Gasteiger charge is -2.25. The van der Waals surface area contributed by atoms with Gasteiger partial charge in [0.2, 0.25) is 5.91 Å². The number of allylic oxidation sites excluding steroid dienone is 2. The van der Waals surface area contributed by atoms with Crippen LogP contribution in [0.15, 0.2) is 48.6 Å². The molecule has 0 unspecified atom stereocenters. The van der Waals surface area contributed by atoms with E-state index in [0.717, 1.165) is 0 Å². The van der Waals surface area contributed by atoms with Crippen LogP contribution in [0, 0.1) is 0 Å². The lowest BCUT2D eigenvalue weighted by molar-refractivity contribution is -0.118. The smallest absolute Gasteiger partial charge is 0.241 e. The largest absolute Gasteiger partial charge is 0.507 e. The molecular formula is C17H21N7O2. The number of nitrogens with one attached hydrogen (secondary N) is 1. The van der Waals surface area contributed by atoms with Gasteiger partial charge in [-0.1, -0.05) is 12.1 Å². The lowest BCUT2D eigenvalue weighted by Crippen LogP contribution is -2.48. The van der Waals surface area contributed by atoms with Crippen molar-refractivity contribution in [1.29, 1.82) is 0 Å². The number of phenols is 1. The van der Waals surface area contributed by atoms with Gasteiger partial charge in [-0.15, -0.1) is 0 Å². The minimum absolute atomic E-state index is 0.00431. The van der Waals surface area contributed by atoms with Gasteiger partial charge in [0.25, 0.3) is 0 Å². The standard InChI is InChI=1S/C17H21N7O2/c18-13(12-3-1-2-4-15(12)25)7-14(17(19)20)24-10-11(8-22-24)23-6-5-21-9-16(23)26/h1-4,7-8,10,21,25H,5-6,9,18-20H2/b13-7-. The van der Waals surface area contributed by atoms with Crippen LogP contribution in [0.2, 0.25) is 0 Å². The first-order valence-electron chi connectivity index (χ1n) is 8.04. The van der Waals surface area contributed by atoms with E-state index in [9.17, 15) is 9.90 Å². The number of rotatable bonds is 4. The highest BCUT2D eigenvalue weighted by Gasteiger charge is 2.21. The minimum Gasteiger partial charge on any atom is -0.507 e. The van der Waals surface area contributed by atoms with Crippen molar-refractivity contribution in [3.63, 3.8) is 0 Å². The number of carbonyl (C=O) groups is 1. The Bertz CT molecular complexity index is 881. The summed E-state index contributed by atoms with van der Waals surface area (Å²) in [6.45, 7) is 1.55. The number of amides is 1. The second-order valence-corrected chi connectivity index (χ2v) is 5.82. The number of nitrogens with zero attached hydrogens (tertiary/aromatic N) is 3. The average molecular weight is 355 g/mol. The quantitative estimate of drug-likeness (QED) is 0.467. The summed E-state index contributed by atoms with van der Waals surface area (Å²) in [7, 11) is 0. The number of piperazine rings is 1. The predicted octanol–water partition coefficient (Wildman–Crippen LogP) is -0.432. The molecule has 0 aliphatic carbocycles. The molecule has 0 atom stereocenters. The Morgan fingerprint density at radius 3 is 2.73 bits per heavy atom. The maximum Gasteiger partial charge on any atom is 0.241 e. The van der Waals surface area contributed by atoms with Gasteiger partial charge in [-0.25, -0.2) is 4.68 Å². The summed E-state index contributed by atoms with van der Waals surface area (Å²) in [6.07, 6.45) is 4.75. The molecule has 2 heterocycles. The third kappa shape index (κ3) is 3.47. The second kappa shape index (κ2) is 7.19. The zero-order chi connectivity index (χ0) is 18.7. The molecule has 9 heteroatoms. The fourth-order valence-electron chi connectivity index (χ4n) is 2.69. The van der Waals surface area contributed by atoms with Gasteiger partial charge in [0.1, 0.15) is 17.3 Å². The van der Waals surface area contributed by atoms with Crippen molar-refractivity contribution >= 4 is 23.0 Å². The zero-order valence-electron chi connectivity index (χ0n) is 14.1. The molecule has 0 bridgehead atoms. The Balaban J connectivity index is 1.93. The van der Waals surface area contributed by atoms with Gasteiger partial charge in [0.15, 0.2) is 0 Å². The molecule has 1 amide bonds. The van der Waals surface area contributed by atoms with E-state index >= 15 is 0 Å². The number of carbonyl (C=O) groups excluding carboxylic acids is 1. The van der Waals surface area contributed by atoms with Gasteiger partial charge in [-0.05, 0) is 18.2 Å². The van der Waals surface area contributed by atoms with Gasteiger partial charge < -0.3 is 32.5 Å². The number of nitrogens with two attached hydrogens (primary N) is 3. The summed E-state index contributed by atoms with van der Waals surface area (Å²) < 4.78 is 1.45. The number of anilines is 1. The summed E-state index contributed by atoms with van der Waals surface area (Å²) in [5.74, 6) is 0.0136. The highest BCUT2D eigenvalue weighted by molar-refractivity contribution is 5.95. The fraction of sp³-hybridized carbons (Fsp3) is 0.176. The molecule has 1 aliphatic heterocycles. The molecule has 3 rings (SSSR count). The van der Waals surface area contributed by atoms with Gasteiger partial charge in [-0.3, -0.25) is 4.79 Å². The minimum atomic E-state index is -0.0358. The van der Waals surface area contributed by atoms with Crippen LogP contribution in [0.25, 0.3) is 11.4 Å². The first-order valence-corrected chi connectivity index (χ1v) is 8.04. The van der Waals surface area contributed by atoms with Crippen molar-refractivity contribution in [2.45, 2.75) is 0 Å². The molecule has 2 aromatic rings. The monoisotopic (exact) mass is 355 g/mol. The van der Waals surface area contributed by atoms with Crippen molar-refractivity contribution in [3.8, 4) is 5.75 Å². The summed E-state index contributed by atoms with van der Waals surface area (Å²) in [4.78, 5) is 13.7. The Morgan fingerprint density at radius 2 is 2.04 bits per heavy atom. The van der Waals surface area contributed by atoms with E-state index in [4.69, 9.17) is 17.2 Å². The zero-order valence-corrected chi connectivity index (χ0v) is 14.1.